The Bertz CT molecular complexity index is 1130. The zero-order chi connectivity index (χ0) is 19.3. The summed E-state index contributed by atoms with van der Waals surface area (Å²) in [6.07, 6.45) is -0.927. The summed E-state index contributed by atoms with van der Waals surface area (Å²) in [6.45, 7) is 0.613. The monoisotopic (exact) mass is 390 g/mol. The van der Waals surface area contributed by atoms with Gasteiger partial charge in [-0.3, -0.25) is 9.25 Å². The predicted molar refractivity (Wildman–Crippen MR) is 98.1 cm³/mol. The number of nitrogens with zero attached hydrogens (tertiary/aromatic N) is 4. The van der Waals surface area contributed by atoms with Crippen molar-refractivity contribution < 1.29 is 18.3 Å². The molecule has 0 aliphatic heterocycles. The van der Waals surface area contributed by atoms with Crippen LogP contribution in [0.3, 0.4) is 0 Å². The van der Waals surface area contributed by atoms with E-state index in [-0.39, 0.29) is 5.82 Å². The van der Waals surface area contributed by atoms with Crippen molar-refractivity contribution in [3.63, 3.8) is 0 Å². The number of aromatic nitrogens is 4. The standard InChI is InChI=1S/C18H16F2N4O2S/c1-9-11-8-14(27-16(11)23(3)22-9)17(25)26-10(2)15-21-12-6-4-5-7-13(12)24(15)18(19)20/h4-8,10,18H,1-3H3. The number of benzene rings is 1. The van der Waals surface area contributed by atoms with Gasteiger partial charge in [-0.15, -0.1) is 11.3 Å². The molecule has 27 heavy (non-hydrogen) atoms. The van der Waals surface area contributed by atoms with E-state index in [9.17, 15) is 13.6 Å². The number of para-hydroxylation sites is 2. The maximum Gasteiger partial charge on any atom is 0.349 e. The van der Waals surface area contributed by atoms with Crippen LogP contribution in [0.2, 0.25) is 0 Å². The zero-order valence-corrected chi connectivity index (χ0v) is 15.6. The molecule has 0 aliphatic carbocycles. The van der Waals surface area contributed by atoms with Gasteiger partial charge in [-0.25, -0.2) is 9.78 Å². The third kappa shape index (κ3) is 2.87. The van der Waals surface area contributed by atoms with Crippen molar-refractivity contribution in [1.29, 1.82) is 0 Å². The summed E-state index contributed by atoms with van der Waals surface area (Å²) in [6, 6.07) is 8.31. The number of imidazole rings is 1. The highest BCUT2D eigenvalue weighted by Crippen LogP contribution is 2.31. The molecule has 9 heteroatoms. The molecular weight excluding hydrogens is 374 g/mol. The lowest BCUT2D eigenvalue weighted by molar-refractivity contribution is 0.0238. The topological polar surface area (TPSA) is 61.9 Å². The van der Waals surface area contributed by atoms with Crippen molar-refractivity contribution in [3.05, 3.63) is 46.7 Å². The molecule has 0 bridgehead atoms. The number of alkyl halides is 2. The summed E-state index contributed by atoms with van der Waals surface area (Å²) >= 11 is 1.26. The Balaban J connectivity index is 1.66. The fourth-order valence-electron chi connectivity index (χ4n) is 3.13. The number of aryl methyl sites for hydroxylation is 2. The third-order valence-electron chi connectivity index (χ3n) is 4.36. The number of hydrogen-bond donors (Lipinski definition) is 0. The Morgan fingerprint density at radius 1 is 1.30 bits per heavy atom. The van der Waals surface area contributed by atoms with Crippen molar-refractivity contribution >= 4 is 38.6 Å². The molecule has 6 nitrogen and oxygen atoms in total. The van der Waals surface area contributed by atoms with E-state index >= 15 is 0 Å². The summed E-state index contributed by atoms with van der Waals surface area (Å²) in [5.74, 6) is -0.561. The van der Waals surface area contributed by atoms with Gasteiger partial charge in [-0.05, 0) is 32.0 Å². The van der Waals surface area contributed by atoms with Gasteiger partial charge in [-0.2, -0.15) is 13.9 Å². The summed E-state index contributed by atoms with van der Waals surface area (Å²) in [5, 5.41) is 5.17. The number of halogens is 2. The molecule has 3 aromatic heterocycles. The summed E-state index contributed by atoms with van der Waals surface area (Å²) in [4.78, 5) is 18.0. The minimum atomic E-state index is -2.79. The fourth-order valence-corrected chi connectivity index (χ4v) is 4.14. The van der Waals surface area contributed by atoms with Crippen LogP contribution < -0.4 is 0 Å². The molecule has 0 saturated heterocycles. The zero-order valence-electron chi connectivity index (χ0n) is 14.8. The van der Waals surface area contributed by atoms with Crippen LogP contribution in [0, 0.1) is 6.92 Å². The van der Waals surface area contributed by atoms with E-state index in [2.05, 4.69) is 10.1 Å². The smallest absolute Gasteiger partial charge is 0.349 e. The summed E-state index contributed by atoms with van der Waals surface area (Å²) in [7, 11) is 1.80. The second-order valence-corrected chi connectivity index (χ2v) is 7.22. The lowest BCUT2D eigenvalue weighted by Crippen LogP contribution is -2.14. The number of fused-ring (bicyclic) bond motifs is 2. The normalized spacial score (nSPS) is 13.0. The largest absolute Gasteiger partial charge is 0.450 e. The van der Waals surface area contributed by atoms with Crippen molar-refractivity contribution in [2.45, 2.75) is 26.5 Å². The van der Waals surface area contributed by atoms with Crippen LogP contribution in [0.1, 0.15) is 40.8 Å². The highest BCUT2D eigenvalue weighted by atomic mass is 32.1. The van der Waals surface area contributed by atoms with Gasteiger partial charge in [0.15, 0.2) is 11.9 Å². The molecule has 1 unspecified atom stereocenters. The third-order valence-corrected chi connectivity index (χ3v) is 5.54. The maximum atomic E-state index is 13.6. The summed E-state index contributed by atoms with van der Waals surface area (Å²) < 4.78 is 35.1. The Morgan fingerprint density at radius 3 is 2.74 bits per heavy atom. The Morgan fingerprint density at radius 2 is 2.04 bits per heavy atom. The molecular formula is C18H16F2N4O2S. The number of ether oxygens (including phenoxy) is 1. The fraction of sp³-hybridized carbons (Fsp3) is 0.278. The van der Waals surface area contributed by atoms with Gasteiger partial charge in [0, 0.05) is 12.4 Å². The van der Waals surface area contributed by atoms with E-state index in [1.165, 1.54) is 18.3 Å². The predicted octanol–water partition coefficient (Wildman–Crippen LogP) is 4.61. The molecule has 3 heterocycles. The minimum Gasteiger partial charge on any atom is -0.450 e. The van der Waals surface area contributed by atoms with Gasteiger partial charge < -0.3 is 4.74 Å². The number of carbonyl (C=O) groups is 1. The van der Waals surface area contributed by atoms with Gasteiger partial charge >= 0.3 is 12.5 Å². The first kappa shape index (κ1) is 17.6. The van der Waals surface area contributed by atoms with E-state index in [1.54, 1.807) is 42.1 Å². The highest BCUT2D eigenvalue weighted by Gasteiger charge is 2.25. The number of hydrogen-bond acceptors (Lipinski definition) is 5. The second-order valence-electron chi connectivity index (χ2n) is 6.19. The van der Waals surface area contributed by atoms with Gasteiger partial charge in [-0.1, -0.05) is 12.1 Å². The molecule has 1 atom stereocenters. The van der Waals surface area contributed by atoms with Crippen molar-refractivity contribution in [2.24, 2.45) is 7.05 Å². The quantitative estimate of drug-likeness (QED) is 0.478. The molecule has 0 N–H and O–H groups in total. The first-order valence-electron chi connectivity index (χ1n) is 8.26. The Hall–Kier alpha value is -2.81. The van der Waals surface area contributed by atoms with Crippen LogP contribution in [0.25, 0.3) is 21.3 Å². The van der Waals surface area contributed by atoms with E-state index in [4.69, 9.17) is 4.74 Å². The van der Waals surface area contributed by atoms with Crippen molar-refractivity contribution in [1.82, 2.24) is 19.3 Å². The average molecular weight is 390 g/mol. The molecule has 0 radical (unpaired) electrons. The number of carbonyl (C=O) groups excluding carboxylic acids is 1. The number of rotatable bonds is 4. The Labute approximate surface area is 157 Å². The number of esters is 1. The lowest BCUT2D eigenvalue weighted by Gasteiger charge is -2.14. The van der Waals surface area contributed by atoms with Gasteiger partial charge in [0.2, 0.25) is 0 Å². The van der Waals surface area contributed by atoms with Crippen molar-refractivity contribution in [2.75, 3.05) is 0 Å². The molecule has 0 saturated carbocycles. The first-order valence-corrected chi connectivity index (χ1v) is 9.07. The van der Waals surface area contributed by atoms with Crippen LogP contribution in [0.4, 0.5) is 8.78 Å². The van der Waals surface area contributed by atoms with E-state index < -0.39 is 18.6 Å². The molecule has 0 fully saturated rings. The van der Waals surface area contributed by atoms with Crippen LogP contribution in [-0.2, 0) is 11.8 Å². The SMILES string of the molecule is Cc1nn(C)c2sc(C(=O)OC(C)c3nc4ccccc4n3C(F)F)cc12. The van der Waals surface area contributed by atoms with Crippen LogP contribution in [-0.4, -0.2) is 25.3 Å². The van der Waals surface area contributed by atoms with Crippen LogP contribution >= 0.6 is 11.3 Å². The van der Waals surface area contributed by atoms with E-state index in [1.807, 2.05) is 6.92 Å². The lowest BCUT2D eigenvalue weighted by atomic mass is 10.3. The number of thiophene rings is 1. The van der Waals surface area contributed by atoms with E-state index in [0.29, 0.717) is 15.9 Å². The minimum absolute atomic E-state index is 0.0125. The molecule has 0 amide bonds. The maximum absolute atomic E-state index is 13.6. The molecule has 0 aliphatic rings. The Kier molecular flexibility index (Phi) is 4.18. The van der Waals surface area contributed by atoms with E-state index in [0.717, 1.165) is 20.5 Å². The molecule has 0 spiro atoms. The first-order chi connectivity index (χ1) is 12.9. The molecule has 4 aromatic rings. The van der Waals surface area contributed by atoms with Crippen LogP contribution in [0.15, 0.2) is 30.3 Å². The molecule has 1 aromatic carbocycles. The summed E-state index contributed by atoms with van der Waals surface area (Å²) in [5.41, 5.74) is 1.54. The highest BCUT2D eigenvalue weighted by molar-refractivity contribution is 7.20. The van der Waals surface area contributed by atoms with Gasteiger partial charge in [0.1, 0.15) is 9.71 Å². The van der Waals surface area contributed by atoms with Gasteiger partial charge in [0.05, 0.1) is 16.7 Å². The van der Waals surface area contributed by atoms with Gasteiger partial charge in [0.25, 0.3) is 0 Å². The van der Waals surface area contributed by atoms with Crippen LogP contribution in [0.5, 0.6) is 0 Å². The molecule has 140 valence electrons. The second kappa shape index (κ2) is 6.41. The van der Waals surface area contributed by atoms with Crippen molar-refractivity contribution in [3.8, 4) is 0 Å². The molecule has 4 rings (SSSR count). The average Bonchev–Trinajstić information content (AvgIpc) is 3.29.